The Bertz CT molecular complexity index is 268. The quantitative estimate of drug-likeness (QED) is 0.721. The summed E-state index contributed by atoms with van der Waals surface area (Å²) in [5, 5.41) is 8.78. The van der Waals surface area contributed by atoms with Crippen molar-refractivity contribution in [2.45, 2.75) is 31.1 Å². The number of aliphatic hydroxyl groups is 1. The Morgan fingerprint density at radius 3 is 2.29 bits per heavy atom. The van der Waals surface area contributed by atoms with Gasteiger partial charge < -0.3 is 5.11 Å². The van der Waals surface area contributed by atoms with Crippen LogP contribution in [0.4, 0.5) is 0 Å². The lowest BCUT2D eigenvalue weighted by Gasteiger charge is -2.34. The van der Waals surface area contributed by atoms with Crippen LogP contribution in [0.5, 0.6) is 0 Å². The second-order valence-corrected chi connectivity index (χ2v) is 6.42. The van der Waals surface area contributed by atoms with Crippen LogP contribution in [0.3, 0.4) is 0 Å². The molecule has 0 aromatic carbocycles. The molecule has 5 heteroatoms. The Morgan fingerprint density at radius 1 is 1.43 bits per heavy atom. The topological polar surface area (TPSA) is 57.6 Å². The van der Waals surface area contributed by atoms with Crippen molar-refractivity contribution in [2.75, 3.05) is 26.0 Å². The molecule has 0 aliphatic carbocycles. The fourth-order valence-electron chi connectivity index (χ4n) is 1.86. The van der Waals surface area contributed by atoms with Crippen molar-refractivity contribution in [3.8, 4) is 0 Å². The summed E-state index contributed by atoms with van der Waals surface area (Å²) in [4.78, 5) is 2.14. The van der Waals surface area contributed by atoms with Gasteiger partial charge in [0, 0.05) is 12.3 Å². The zero-order valence-electron chi connectivity index (χ0n) is 8.81. The Hall–Kier alpha value is -0.130. The number of nitrogens with zero attached hydrogens (tertiary/aromatic N) is 1. The number of hydrogen-bond acceptors (Lipinski definition) is 4. The van der Waals surface area contributed by atoms with Crippen LogP contribution in [0, 0.1) is 0 Å². The van der Waals surface area contributed by atoms with Crippen molar-refractivity contribution in [3.05, 3.63) is 0 Å². The Labute approximate surface area is 85.8 Å². The predicted molar refractivity (Wildman–Crippen MR) is 56.0 cm³/mol. The van der Waals surface area contributed by atoms with Gasteiger partial charge in [-0.05, 0) is 32.9 Å². The summed E-state index contributed by atoms with van der Waals surface area (Å²) in [5.41, 5.74) is 0. The van der Waals surface area contributed by atoms with Crippen LogP contribution in [0.1, 0.15) is 19.8 Å². The summed E-state index contributed by atoms with van der Waals surface area (Å²) in [6, 6.07) is 0.149. The van der Waals surface area contributed by atoms with Gasteiger partial charge in [-0.25, -0.2) is 8.42 Å². The summed E-state index contributed by atoms with van der Waals surface area (Å²) in [6.45, 7) is 3.66. The molecule has 1 rings (SSSR count). The minimum Gasteiger partial charge on any atom is -0.395 e. The van der Waals surface area contributed by atoms with Crippen LogP contribution in [-0.4, -0.2) is 55.7 Å². The normalized spacial score (nSPS) is 23.6. The van der Waals surface area contributed by atoms with Crippen LogP contribution in [0.15, 0.2) is 0 Å². The molecular formula is C9H19NO3S. The summed E-state index contributed by atoms with van der Waals surface area (Å²) < 4.78 is 22.5. The molecular weight excluding hydrogens is 202 g/mol. The van der Waals surface area contributed by atoms with Gasteiger partial charge in [-0.3, -0.25) is 4.90 Å². The van der Waals surface area contributed by atoms with Gasteiger partial charge in [0.15, 0.2) is 0 Å². The highest BCUT2D eigenvalue weighted by Crippen LogP contribution is 2.18. The summed E-state index contributed by atoms with van der Waals surface area (Å²) in [7, 11) is -2.87. The number of piperidine rings is 1. The number of sulfone groups is 1. The minimum atomic E-state index is -2.87. The van der Waals surface area contributed by atoms with Crippen LogP contribution in [0.2, 0.25) is 0 Å². The molecule has 1 atom stereocenters. The van der Waals surface area contributed by atoms with E-state index in [2.05, 4.69) is 4.90 Å². The number of likely N-dealkylation sites (tertiary alicyclic amines) is 1. The van der Waals surface area contributed by atoms with Crippen molar-refractivity contribution in [2.24, 2.45) is 0 Å². The maximum atomic E-state index is 11.3. The lowest BCUT2D eigenvalue weighted by molar-refractivity contribution is 0.116. The van der Waals surface area contributed by atoms with Crippen molar-refractivity contribution < 1.29 is 13.5 Å². The average Bonchev–Trinajstić information content (AvgIpc) is 2.15. The van der Waals surface area contributed by atoms with Crippen LogP contribution >= 0.6 is 0 Å². The molecule has 0 aromatic rings. The first-order valence-corrected chi connectivity index (χ1v) is 6.94. The van der Waals surface area contributed by atoms with Crippen LogP contribution in [-0.2, 0) is 9.84 Å². The van der Waals surface area contributed by atoms with E-state index in [0.717, 1.165) is 13.1 Å². The molecule has 1 aliphatic heterocycles. The van der Waals surface area contributed by atoms with Gasteiger partial charge >= 0.3 is 0 Å². The molecule has 14 heavy (non-hydrogen) atoms. The molecule has 1 heterocycles. The summed E-state index contributed by atoms with van der Waals surface area (Å²) >= 11 is 0. The van der Waals surface area contributed by atoms with E-state index >= 15 is 0 Å². The molecule has 1 unspecified atom stereocenters. The standard InChI is InChI=1S/C9H19NO3S/c1-8(7-11)10-5-3-9(4-6-10)14(2,12)13/h8-9,11H,3-7H2,1-2H3. The molecule has 0 amide bonds. The second kappa shape index (κ2) is 4.59. The molecule has 1 saturated heterocycles. The smallest absolute Gasteiger partial charge is 0.150 e. The minimum absolute atomic E-state index is 0.142. The average molecular weight is 221 g/mol. The van der Waals surface area contributed by atoms with Gasteiger partial charge in [-0.1, -0.05) is 0 Å². The second-order valence-electron chi connectivity index (χ2n) is 4.10. The maximum Gasteiger partial charge on any atom is 0.150 e. The SMILES string of the molecule is CC(CO)N1CCC(S(C)(=O)=O)CC1. The van der Waals surface area contributed by atoms with Gasteiger partial charge in [0.2, 0.25) is 0 Å². The first kappa shape index (κ1) is 11.9. The molecule has 0 bridgehead atoms. The first-order chi connectivity index (χ1) is 6.45. The third-order valence-corrected chi connectivity index (χ3v) is 4.65. The lowest BCUT2D eigenvalue weighted by Crippen LogP contribution is -2.44. The van der Waals surface area contributed by atoms with Gasteiger partial charge in [0.05, 0.1) is 11.9 Å². The van der Waals surface area contributed by atoms with Crippen molar-refractivity contribution in [3.63, 3.8) is 0 Å². The van der Waals surface area contributed by atoms with E-state index in [9.17, 15) is 8.42 Å². The molecule has 4 nitrogen and oxygen atoms in total. The summed E-state index contributed by atoms with van der Waals surface area (Å²) in [5.74, 6) is 0. The van der Waals surface area contributed by atoms with Crippen LogP contribution < -0.4 is 0 Å². The molecule has 84 valence electrons. The van der Waals surface area contributed by atoms with Gasteiger partial charge in [0.25, 0.3) is 0 Å². The zero-order chi connectivity index (χ0) is 10.8. The van der Waals surface area contributed by atoms with Crippen molar-refractivity contribution in [1.29, 1.82) is 0 Å². The van der Waals surface area contributed by atoms with Crippen molar-refractivity contribution in [1.82, 2.24) is 4.90 Å². The third-order valence-electron chi connectivity index (χ3n) is 2.97. The fraction of sp³-hybridized carbons (Fsp3) is 1.00. The highest BCUT2D eigenvalue weighted by molar-refractivity contribution is 7.91. The van der Waals surface area contributed by atoms with Gasteiger partial charge in [-0.2, -0.15) is 0 Å². The zero-order valence-corrected chi connectivity index (χ0v) is 9.63. The van der Waals surface area contributed by atoms with E-state index in [1.54, 1.807) is 0 Å². The molecule has 1 aliphatic rings. The number of aliphatic hydroxyl groups excluding tert-OH is 1. The maximum absolute atomic E-state index is 11.3. The first-order valence-electron chi connectivity index (χ1n) is 4.99. The lowest BCUT2D eigenvalue weighted by atomic mass is 10.1. The van der Waals surface area contributed by atoms with E-state index in [1.807, 2.05) is 6.92 Å². The van der Waals surface area contributed by atoms with Crippen LogP contribution in [0.25, 0.3) is 0 Å². The van der Waals surface area contributed by atoms with Gasteiger partial charge in [0.1, 0.15) is 9.84 Å². The van der Waals surface area contributed by atoms with E-state index in [1.165, 1.54) is 6.26 Å². The number of hydrogen-bond donors (Lipinski definition) is 1. The third kappa shape index (κ3) is 2.93. The Kier molecular flexibility index (Phi) is 3.92. The molecule has 0 saturated carbocycles. The Balaban J connectivity index is 2.47. The monoisotopic (exact) mass is 221 g/mol. The van der Waals surface area contributed by atoms with E-state index in [4.69, 9.17) is 5.11 Å². The Morgan fingerprint density at radius 2 is 1.93 bits per heavy atom. The molecule has 0 radical (unpaired) electrons. The molecule has 0 aromatic heterocycles. The molecule has 0 spiro atoms. The predicted octanol–water partition coefficient (Wildman–Crippen LogP) is -0.124. The van der Waals surface area contributed by atoms with E-state index in [-0.39, 0.29) is 17.9 Å². The number of rotatable bonds is 3. The van der Waals surface area contributed by atoms with E-state index in [0.29, 0.717) is 12.8 Å². The fourth-order valence-corrected chi connectivity index (χ4v) is 2.93. The highest BCUT2D eigenvalue weighted by atomic mass is 32.2. The molecule has 1 N–H and O–H groups in total. The molecule has 1 fully saturated rings. The van der Waals surface area contributed by atoms with E-state index < -0.39 is 9.84 Å². The largest absolute Gasteiger partial charge is 0.395 e. The van der Waals surface area contributed by atoms with Gasteiger partial charge in [-0.15, -0.1) is 0 Å². The highest BCUT2D eigenvalue weighted by Gasteiger charge is 2.28. The summed E-state index contributed by atoms with van der Waals surface area (Å²) in [6.07, 6.45) is 2.70. The van der Waals surface area contributed by atoms with Crippen molar-refractivity contribution >= 4 is 9.84 Å².